The van der Waals surface area contributed by atoms with Crippen LogP contribution in [0.25, 0.3) is 0 Å². The van der Waals surface area contributed by atoms with Crippen molar-refractivity contribution in [2.24, 2.45) is 0 Å². The van der Waals surface area contributed by atoms with Gasteiger partial charge in [0.2, 0.25) is 0 Å². The van der Waals surface area contributed by atoms with Gasteiger partial charge in [-0.2, -0.15) is 0 Å². The Kier molecular flexibility index (Phi) is 4.28. The van der Waals surface area contributed by atoms with Crippen LogP contribution >= 0.6 is 0 Å². The van der Waals surface area contributed by atoms with Gasteiger partial charge in [0.15, 0.2) is 9.84 Å². The Balaban J connectivity index is 1.89. The van der Waals surface area contributed by atoms with Crippen molar-refractivity contribution in [3.05, 3.63) is 63.7 Å². The van der Waals surface area contributed by atoms with Gasteiger partial charge in [0.1, 0.15) is 0 Å². The molecule has 2 aromatic carbocycles. The van der Waals surface area contributed by atoms with E-state index in [2.05, 4.69) is 24.4 Å². The number of hydrogen-bond acceptors (Lipinski definition) is 5. The van der Waals surface area contributed by atoms with Crippen molar-refractivity contribution in [1.82, 2.24) is 0 Å². The molecule has 132 valence electrons. The predicted molar refractivity (Wildman–Crippen MR) is 96.8 cm³/mol. The standard InChI is InChI=1S/C18H20N2O4S/c1-13-5-3-4-6-15(13)18(9-10-18)12-19-16-8-7-14(20(21)22)11-17(16)25(2,23)24/h3-8,11,19H,9-10,12H2,1-2H3. The third-order valence-electron chi connectivity index (χ3n) is 4.76. The molecule has 0 spiro atoms. The molecule has 0 aliphatic heterocycles. The predicted octanol–water partition coefficient (Wildman–Crippen LogP) is 3.45. The van der Waals surface area contributed by atoms with Gasteiger partial charge in [0, 0.05) is 30.3 Å². The largest absolute Gasteiger partial charge is 0.383 e. The van der Waals surface area contributed by atoms with Gasteiger partial charge in [-0.1, -0.05) is 24.3 Å². The number of rotatable bonds is 6. The summed E-state index contributed by atoms with van der Waals surface area (Å²) in [6.45, 7) is 2.67. The van der Waals surface area contributed by atoms with E-state index in [0.29, 0.717) is 12.2 Å². The van der Waals surface area contributed by atoms with E-state index in [0.717, 1.165) is 25.2 Å². The maximum atomic E-state index is 12.0. The number of anilines is 1. The first-order chi connectivity index (χ1) is 11.7. The second-order valence-electron chi connectivity index (χ2n) is 6.66. The lowest BCUT2D eigenvalue weighted by molar-refractivity contribution is -0.385. The zero-order valence-electron chi connectivity index (χ0n) is 14.2. The lowest BCUT2D eigenvalue weighted by Gasteiger charge is -2.20. The van der Waals surface area contributed by atoms with E-state index in [1.807, 2.05) is 12.1 Å². The molecule has 1 fully saturated rings. The molecule has 0 heterocycles. The van der Waals surface area contributed by atoms with Crippen LogP contribution in [0.3, 0.4) is 0 Å². The van der Waals surface area contributed by atoms with Crippen LogP contribution in [0.1, 0.15) is 24.0 Å². The summed E-state index contributed by atoms with van der Waals surface area (Å²) in [5.41, 5.74) is 2.67. The highest BCUT2D eigenvalue weighted by Gasteiger charge is 2.44. The van der Waals surface area contributed by atoms with Crippen molar-refractivity contribution in [3.8, 4) is 0 Å². The van der Waals surface area contributed by atoms with Gasteiger partial charge in [-0.05, 0) is 37.0 Å². The zero-order valence-corrected chi connectivity index (χ0v) is 15.0. The Labute approximate surface area is 147 Å². The van der Waals surface area contributed by atoms with Crippen LogP contribution in [0.15, 0.2) is 47.4 Å². The lowest BCUT2D eigenvalue weighted by atomic mass is 9.92. The minimum absolute atomic E-state index is 0.00188. The maximum Gasteiger partial charge on any atom is 0.270 e. The number of nitro benzene ring substituents is 1. The molecule has 25 heavy (non-hydrogen) atoms. The minimum atomic E-state index is -3.58. The van der Waals surface area contributed by atoms with Gasteiger partial charge in [-0.25, -0.2) is 8.42 Å². The molecule has 0 amide bonds. The molecule has 6 nitrogen and oxygen atoms in total. The molecule has 1 aliphatic carbocycles. The van der Waals surface area contributed by atoms with Crippen molar-refractivity contribution < 1.29 is 13.3 Å². The molecule has 1 saturated carbocycles. The maximum absolute atomic E-state index is 12.0. The first-order valence-electron chi connectivity index (χ1n) is 8.01. The molecule has 7 heteroatoms. The molecule has 2 aromatic rings. The Bertz CT molecular complexity index is 934. The van der Waals surface area contributed by atoms with Gasteiger partial charge in [0.05, 0.1) is 15.5 Å². The van der Waals surface area contributed by atoms with Crippen LogP contribution in [0.5, 0.6) is 0 Å². The van der Waals surface area contributed by atoms with E-state index in [9.17, 15) is 18.5 Å². The van der Waals surface area contributed by atoms with Crippen LogP contribution in [-0.2, 0) is 15.3 Å². The second-order valence-corrected chi connectivity index (χ2v) is 8.64. The van der Waals surface area contributed by atoms with E-state index < -0.39 is 14.8 Å². The Morgan fingerprint density at radius 2 is 1.88 bits per heavy atom. The highest BCUT2D eigenvalue weighted by molar-refractivity contribution is 7.90. The van der Waals surface area contributed by atoms with E-state index in [4.69, 9.17) is 0 Å². The lowest BCUT2D eigenvalue weighted by Crippen LogP contribution is -2.21. The summed E-state index contributed by atoms with van der Waals surface area (Å²) in [6.07, 6.45) is 3.13. The van der Waals surface area contributed by atoms with Crippen molar-refractivity contribution in [2.45, 2.75) is 30.1 Å². The quantitative estimate of drug-likeness (QED) is 0.629. The highest BCUT2D eigenvalue weighted by atomic mass is 32.2. The zero-order chi connectivity index (χ0) is 18.2. The summed E-state index contributed by atoms with van der Waals surface area (Å²) >= 11 is 0. The molecule has 3 rings (SSSR count). The van der Waals surface area contributed by atoms with Crippen LogP contribution in [0.4, 0.5) is 11.4 Å². The summed E-state index contributed by atoms with van der Waals surface area (Å²) in [5.74, 6) is 0. The minimum Gasteiger partial charge on any atom is -0.383 e. The molecular formula is C18H20N2O4S. The van der Waals surface area contributed by atoms with Crippen LogP contribution in [-0.4, -0.2) is 26.1 Å². The summed E-state index contributed by atoms with van der Waals surface area (Å²) in [7, 11) is -3.58. The molecule has 0 atom stereocenters. The number of non-ortho nitro benzene ring substituents is 1. The van der Waals surface area contributed by atoms with Gasteiger partial charge < -0.3 is 5.32 Å². The molecule has 0 bridgehead atoms. The summed E-state index contributed by atoms with van der Waals surface area (Å²) < 4.78 is 24.1. The molecule has 1 N–H and O–H groups in total. The van der Waals surface area contributed by atoms with Gasteiger partial charge in [-0.3, -0.25) is 10.1 Å². The van der Waals surface area contributed by atoms with Crippen molar-refractivity contribution in [1.29, 1.82) is 0 Å². The fourth-order valence-electron chi connectivity index (χ4n) is 3.20. The van der Waals surface area contributed by atoms with Crippen LogP contribution in [0, 0.1) is 17.0 Å². The first kappa shape index (κ1) is 17.4. The number of aryl methyl sites for hydroxylation is 1. The monoisotopic (exact) mass is 360 g/mol. The van der Waals surface area contributed by atoms with Gasteiger partial charge in [-0.15, -0.1) is 0 Å². The van der Waals surface area contributed by atoms with Crippen molar-refractivity contribution in [3.63, 3.8) is 0 Å². The molecule has 0 aromatic heterocycles. The van der Waals surface area contributed by atoms with E-state index >= 15 is 0 Å². The number of nitro groups is 1. The second kappa shape index (κ2) is 6.15. The number of nitrogens with one attached hydrogen (secondary N) is 1. The van der Waals surface area contributed by atoms with E-state index in [-0.39, 0.29) is 16.0 Å². The molecular weight excluding hydrogens is 340 g/mol. The Hall–Kier alpha value is -2.41. The fraction of sp³-hybridized carbons (Fsp3) is 0.333. The molecule has 0 unspecified atom stereocenters. The number of hydrogen-bond donors (Lipinski definition) is 1. The van der Waals surface area contributed by atoms with Crippen LogP contribution in [0.2, 0.25) is 0 Å². The number of nitrogens with zero attached hydrogens (tertiary/aromatic N) is 1. The van der Waals surface area contributed by atoms with E-state index in [1.165, 1.54) is 23.3 Å². The van der Waals surface area contributed by atoms with Gasteiger partial charge >= 0.3 is 0 Å². The third-order valence-corrected chi connectivity index (χ3v) is 5.90. The van der Waals surface area contributed by atoms with Crippen molar-refractivity contribution in [2.75, 3.05) is 18.1 Å². The number of benzene rings is 2. The average Bonchev–Trinajstić information content (AvgIpc) is 3.33. The summed E-state index contributed by atoms with van der Waals surface area (Å²) in [4.78, 5) is 10.3. The summed E-state index contributed by atoms with van der Waals surface area (Å²) in [6, 6.07) is 12.1. The number of sulfone groups is 1. The SMILES string of the molecule is Cc1ccccc1C1(CNc2ccc([N+](=O)[O-])cc2S(C)(=O)=O)CC1. The van der Waals surface area contributed by atoms with E-state index in [1.54, 1.807) is 0 Å². The molecule has 0 saturated heterocycles. The smallest absolute Gasteiger partial charge is 0.270 e. The summed E-state index contributed by atoms with van der Waals surface area (Å²) in [5, 5.41) is 14.1. The highest BCUT2D eigenvalue weighted by Crippen LogP contribution is 2.49. The Morgan fingerprint density at radius 1 is 1.20 bits per heavy atom. The third kappa shape index (κ3) is 3.51. The first-order valence-corrected chi connectivity index (χ1v) is 9.91. The topological polar surface area (TPSA) is 89.3 Å². The normalized spacial score (nSPS) is 15.6. The average molecular weight is 360 g/mol. The van der Waals surface area contributed by atoms with Crippen molar-refractivity contribution >= 4 is 21.2 Å². The molecule has 0 radical (unpaired) electrons. The molecule has 1 aliphatic rings. The fourth-order valence-corrected chi connectivity index (χ4v) is 4.08. The van der Waals surface area contributed by atoms with Crippen LogP contribution < -0.4 is 5.32 Å². The Morgan fingerprint density at radius 3 is 2.44 bits per heavy atom. The van der Waals surface area contributed by atoms with Gasteiger partial charge in [0.25, 0.3) is 5.69 Å².